The molecule has 0 N–H and O–H groups in total. The number of rotatable bonds is 3. The van der Waals surface area contributed by atoms with Crippen LogP contribution in [0.4, 0.5) is 11.4 Å². The molecule has 5 rings (SSSR count). The molecule has 1 nitrogen and oxygen atoms in total. The minimum Gasteiger partial charge on any atom is -0.336 e. The predicted octanol–water partition coefficient (Wildman–Crippen LogP) is 9.21. The highest BCUT2D eigenvalue weighted by Crippen LogP contribution is 2.51. The van der Waals surface area contributed by atoms with Crippen molar-refractivity contribution in [2.75, 3.05) is 4.90 Å². The summed E-state index contributed by atoms with van der Waals surface area (Å²) in [5.74, 6) is 0. The van der Waals surface area contributed by atoms with Crippen LogP contribution in [0, 0.1) is 13.8 Å². The number of hydrogen-bond acceptors (Lipinski definition) is 1. The molecule has 0 spiro atoms. The second-order valence-corrected chi connectivity index (χ2v) is 11.2. The summed E-state index contributed by atoms with van der Waals surface area (Å²) in [4.78, 5) is 2.53. The molecule has 34 heavy (non-hydrogen) atoms. The highest BCUT2D eigenvalue weighted by atomic mass is 15.2. The number of hydrogen-bond donors (Lipinski definition) is 0. The maximum atomic E-state index is 2.53. The Morgan fingerprint density at radius 1 is 0.588 bits per heavy atom. The largest absolute Gasteiger partial charge is 0.336 e. The number of aryl methyl sites for hydroxylation is 2. The van der Waals surface area contributed by atoms with Gasteiger partial charge in [-0.1, -0.05) is 80.6 Å². The van der Waals surface area contributed by atoms with E-state index >= 15 is 0 Å². The molecule has 0 saturated heterocycles. The zero-order chi connectivity index (χ0) is 24.3. The third-order valence-corrected chi connectivity index (χ3v) is 7.36. The molecule has 1 aliphatic carbocycles. The molecule has 0 atom stereocenters. The Hall–Kier alpha value is -3.32. The molecule has 0 heterocycles. The van der Waals surface area contributed by atoms with Crippen molar-refractivity contribution in [3.63, 3.8) is 0 Å². The van der Waals surface area contributed by atoms with Crippen LogP contribution in [0.25, 0.3) is 22.3 Å². The molecule has 4 aromatic carbocycles. The molecule has 0 radical (unpaired) electrons. The molecule has 0 saturated carbocycles. The van der Waals surface area contributed by atoms with E-state index in [4.69, 9.17) is 0 Å². The van der Waals surface area contributed by atoms with Crippen LogP contribution in [0.15, 0.2) is 84.9 Å². The van der Waals surface area contributed by atoms with Crippen LogP contribution in [0.2, 0.25) is 0 Å². The first-order valence-electron chi connectivity index (χ1n) is 12.3. The standard InChI is InChI=1S/C33H35N/c1-22-19-25(24-13-9-8-10-14-24)17-18-30(22)34(32(3,4)5)31-21-27-26-15-11-12-16-28(26)33(6,7)29(27)20-23(31)2/h8-21H,1-7H3. The van der Waals surface area contributed by atoms with Crippen LogP contribution in [0.5, 0.6) is 0 Å². The lowest BCUT2D eigenvalue weighted by Crippen LogP contribution is -2.38. The van der Waals surface area contributed by atoms with Crippen molar-refractivity contribution in [2.45, 2.75) is 59.4 Å². The van der Waals surface area contributed by atoms with Crippen LogP contribution in [0.3, 0.4) is 0 Å². The maximum Gasteiger partial charge on any atom is 0.0451 e. The molecular formula is C33H35N. The summed E-state index contributed by atoms with van der Waals surface area (Å²) in [6.45, 7) is 16.1. The number of anilines is 2. The zero-order valence-electron chi connectivity index (χ0n) is 21.5. The van der Waals surface area contributed by atoms with Gasteiger partial charge in [0, 0.05) is 22.3 Å². The summed E-state index contributed by atoms with van der Waals surface area (Å²) >= 11 is 0. The van der Waals surface area contributed by atoms with Crippen molar-refractivity contribution in [3.05, 3.63) is 107 Å². The topological polar surface area (TPSA) is 3.24 Å². The highest BCUT2D eigenvalue weighted by Gasteiger charge is 2.37. The summed E-state index contributed by atoms with van der Waals surface area (Å²) in [6.07, 6.45) is 0. The first-order valence-corrected chi connectivity index (χ1v) is 12.3. The smallest absolute Gasteiger partial charge is 0.0451 e. The fraction of sp³-hybridized carbons (Fsp3) is 0.273. The molecule has 0 aliphatic heterocycles. The van der Waals surface area contributed by atoms with Crippen LogP contribution in [-0.4, -0.2) is 5.54 Å². The summed E-state index contributed by atoms with van der Waals surface area (Å²) < 4.78 is 0. The van der Waals surface area contributed by atoms with Gasteiger partial charge in [-0.3, -0.25) is 0 Å². The maximum absolute atomic E-state index is 2.53. The van der Waals surface area contributed by atoms with E-state index in [-0.39, 0.29) is 11.0 Å². The van der Waals surface area contributed by atoms with Crippen LogP contribution in [-0.2, 0) is 5.41 Å². The van der Waals surface area contributed by atoms with E-state index in [1.54, 1.807) is 0 Å². The molecule has 0 amide bonds. The summed E-state index contributed by atoms with van der Waals surface area (Å²) in [5.41, 5.74) is 13.2. The summed E-state index contributed by atoms with van der Waals surface area (Å²) in [7, 11) is 0. The second-order valence-electron chi connectivity index (χ2n) is 11.2. The van der Waals surface area contributed by atoms with E-state index in [1.807, 2.05) is 0 Å². The average Bonchev–Trinajstić information content (AvgIpc) is 3.01. The number of fused-ring (bicyclic) bond motifs is 3. The number of nitrogens with zero attached hydrogens (tertiary/aromatic N) is 1. The Kier molecular flexibility index (Phi) is 5.20. The first-order chi connectivity index (χ1) is 16.1. The normalized spacial score (nSPS) is 14.0. The fourth-order valence-corrected chi connectivity index (χ4v) is 5.65. The molecule has 4 aromatic rings. The summed E-state index contributed by atoms with van der Waals surface area (Å²) in [5, 5.41) is 0. The van der Waals surface area contributed by atoms with E-state index in [2.05, 4.69) is 138 Å². The Bertz CT molecular complexity index is 1370. The van der Waals surface area contributed by atoms with E-state index in [0.29, 0.717) is 0 Å². The quantitative estimate of drug-likeness (QED) is 0.304. The number of benzene rings is 4. The lowest BCUT2D eigenvalue weighted by molar-refractivity contribution is 0.558. The molecule has 172 valence electrons. The third kappa shape index (κ3) is 3.55. The second kappa shape index (κ2) is 7.87. The Labute approximate surface area is 205 Å². The van der Waals surface area contributed by atoms with Gasteiger partial charge in [-0.15, -0.1) is 0 Å². The first kappa shape index (κ1) is 22.5. The summed E-state index contributed by atoms with van der Waals surface area (Å²) in [6, 6.07) is 31.3. The average molecular weight is 446 g/mol. The Morgan fingerprint density at radius 3 is 1.91 bits per heavy atom. The molecule has 1 heteroatoms. The Morgan fingerprint density at radius 2 is 1.24 bits per heavy atom. The minimum atomic E-state index is -0.0777. The van der Waals surface area contributed by atoms with Gasteiger partial charge in [-0.25, -0.2) is 0 Å². The van der Waals surface area contributed by atoms with Gasteiger partial charge >= 0.3 is 0 Å². The predicted molar refractivity (Wildman–Crippen MR) is 147 cm³/mol. The van der Waals surface area contributed by atoms with Gasteiger partial charge in [0.2, 0.25) is 0 Å². The van der Waals surface area contributed by atoms with Crippen molar-refractivity contribution in [3.8, 4) is 22.3 Å². The van der Waals surface area contributed by atoms with Gasteiger partial charge in [0.15, 0.2) is 0 Å². The lowest BCUT2D eigenvalue weighted by atomic mass is 9.82. The molecule has 0 bridgehead atoms. The fourth-order valence-electron chi connectivity index (χ4n) is 5.65. The minimum absolute atomic E-state index is 0.0228. The van der Waals surface area contributed by atoms with Gasteiger partial charge in [-0.2, -0.15) is 0 Å². The van der Waals surface area contributed by atoms with E-state index in [9.17, 15) is 0 Å². The SMILES string of the molecule is Cc1cc(-c2ccccc2)ccc1N(c1cc2c(cc1C)C(C)(C)c1ccccc1-2)C(C)(C)C. The molecule has 0 fully saturated rings. The van der Waals surface area contributed by atoms with E-state index < -0.39 is 0 Å². The lowest BCUT2D eigenvalue weighted by Gasteiger charge is -2.40. The molecule has 0 unspecified atom stereocenters. The molecule has 1 aliphatic rings. The van der Waals surface area contributed by atoms with Crippen molar-refractivity contribution in [2.24, 2.45) is 0 Å². The van der Waals surface area contributed by atoms with Gasteiger partial charge in [0.1, 0.15) is 0 Å². The monoisotopic (exact) mass is 445 g/mol. The van der Waals surface area contributed by atoms with Gasteiger partial charge < -0.3 is 4.90 Å². The van der Waals surface area contributed by atoms with Crippen LogP contribution in [0.1, 0.15) is 56.9 Å². The molecule has 0 aromatic heterocycles. The van der Waals surface area contributed by atoms with Crippen LogP contribution < -0.4 is 4.90 Å². The van der Waals surface area contributed by atoms with E-state index in [1.165, 1.54) is 55.9 Å². The Balaban J connectivity index is 1.68. The van der Waals surface area contributed by atoms with Crippen molar-refractivity contribution < 1.29 is 0 Å². The van der Waals surface area contributed by atoms with E-state index in [0.717, 1.165) is 0 Å². The molecular weight excluding hydrogens is 410 g/mol. The van der Waals surface area contributed by atoms with Crippen molar-refractivity contribution in [1.29, 1.82) is 0 Å². The van der Waals surface area contributed by atoms with Crippen molar-refractivity contribution >= 4 is 11.4 Å². The zero-order valence-corrected chi connectivity index (χ0v) is 21.5. The third-order valence-electron chi connectivity index (χ3n) is 7.36. The van der Waals surface area contributed by atoms with Gasteiger partial charge in [0.25, 0.3) is 0 Å². The van der Waals surface area contributed by atoms with Crippen LogP contribution >= 0.6 is 0 Å². The highest BCUT2D eigenvalue weighted by molar-refractivity contribution is 5.86. The van der Waals surface area contributed by atoms with Crippen molar-refractivity contribution in [1.82, 2.24) is 0 Å². The van der Waals surface area contributed by atoms with Gasteiger partial charge in [-0.05, 0) is 97.3 Å². The van der Waals surface area contributed by atoms with Gasteiger partial charge in [0.05, 0.1) is 0 Å².